The molecule has 0 spiro atoms. The van der Waals surface area contributed by atoms with Crippen LogP contribution in [0.1, 0.15) is 5.56 Å². The van der Waals surface area contributed by atoms with E-state index in [0.717, 1.165) is 4.68 Å². The van der Waals surface area contributed by atoms with Crippen LogP contribution < -0.4 is 11.0 Å². The third-order valence-corrected chi connectivity index (χ3v) is 4.82. The third kappa shape index (κ3) is 4.40. The Hall–Kier alpha value is -4.30. The number of carbonyl (C=O) groups excluding carboxylic acids is 1. The van der Waals surface area contributed by atoms with Crippen molar-refractivity contribution in [3.63, 3.8) is 0 Å². The Morgan fingerprint density at radius 3 is 2.62 bits per heavy atom. The molecule has 0 aliphatic carbocycles. The Morgan fingerprint density at radius 1 is 1.06 bits per heavy atom. The number of halogens is 1. The van der Waals surface area contributed by atoms with Gasteiger partial charge in [-0.15, -0.1) is 0 Å². The zero-order valence-electron chi connectivity index (χ0n) is 16.4. The fraction of sp³-hybridized carbons (Fsp3) is 0. The minimum Gasteiger partial charge on any atom is -0.268 e. The maximum atomic E-state index is 13.1. The van der Waals surface area contributed by atoms with Crippen molar-refractivity contribution in [3.8, 4) is 11.4 Å². The molecule has 0 saturated heterocycles. The lowest BCUT2D eigenvalue weighted by molar-refractivity contribution is -0.384. The molecule has 0 unspecified atom stereocenters. The second-order valence-electron chi connectivity index (χ2n) is 6.76. The van der Waals surface area contributed by atoms with Gasteiger partial charge in [-0.25, -0.2) is 4.98 Å². The zero-order valence-corrected chi connectivity index (χ0v) is 17.2. The molecule has 32 heavy (non-hydrogen) atoms. The van der Waals surface area contributed by atoms with Crippen LogP contribution in [0.2, 0.25) is 5.02 Å². The summed E-state index contributed by atoms with van der Waals surface area (Å²) in [5, 5.41) is 11.7. The molecular weight excluding hydrogens is 432 g/mol. The lowest BCUT2D eigenvalue weighted by atomic mass is 10.2. The quantitative estimate of drug-likeness (QED) is 0.277. The van der Waals surface area contributed by atoms with E-state index in [9.17, 15) is 19.7 Å². The predicted molar refractivity (Wildman–Crippen MR) is 123 cm³/mol. The molecule has 0 aliphatic rings. The lowest BCUT2D eigenvalue weighted by Gasteiger charge is -2.14. The fourth-order valence-electron chi connectivity index (χ4n) is 3.12. The summed E-state index contributed by atoms with van der Waals surface area (Å²) in [6, 6.07) is 19.4. The smallest absolute Gasteiger partial charge is 0.268 e. The molecule has 0 saturated carbocycles. The number of nitro groups is 1. The number of fused-ring (bicyclic) bond motifs is 1. The summed E-state index contributed by atoms with van der Waals surface area (Å²) < 4.78 is 1.06. The maximum absolute atomic E-state index is 13.1. The highest BCUT2D eigenvalue weighted by Gasteiger charge is 2.14. The van der Waals surface area contributed by atoms with Gasteiger partial charge in [0, 0.05) is 28.8 Å². The minimum atomic E-state index is -0.612. The molecule has 9 heteroatoms. The van der Waals surface area contributed by atoms with Crippen LogP contribution in [0.5, 0.6) is 0 Å². The van der Waals surface area contributed by atoms with Crippen LogP contribution in [-0.2, 0) is 4.79 Å². The molecule has 8 nitrogen and oxygen atoms in total. The number of hydrogen-bond acceptors (Lipinski definition) is 5. The van der Waals surface area contributed by atoms with E-state index in [4.69, 9.17) is 11.6 Å². The molecule has 0 atom stereocenters. The van der Waals surface area contributed by atoms with Gasteiger partial charge in [0.25, 0.3) is 17.2 Å². The number of amides is 1. The fourth-order valence-corrected chi connectivity index (χ4v) is 3.31. The van der Waals surface area contributed by atoms with Gasteiger partial charge in [0.15, 0.2) is 5.82 Å². The van der Waals surface area contributed by atoms with E-state index in [-0.39, 0.29) is 11.5 Å². The first-order valence-electron chi connectivity index (χ1n) is 9.43. The number of nitrogens with zero attached hydrogens (tertiary/aromatic N) is 3. The first-order chi connectivity index (χ1) is 15.4. The van der Waals surface area contributed by atoms with Crippen LogP contribution in [0.25, 0.3) is 28.4 Å². The van der Waals surface area contributed by atoms with Gasteiger partial charge in [0.2, 0.25) is 0 Å². The van der Waals surface area contributed by atoms with Gasteiger partial charge in [-0.1, -0.05) is 48.0 Å². The van der Waals surface area contributed by atoms with Gasteiger partial charge in [0.05, 0.1) is 15.8 Å². The van der Waals surface area contributed by atoms with Crippen molar-refractivity contribution in [2.45, 2.75) is 0 Å². The molecule has 158 valence electrons. The molecule has 0 fully saturated rings. The molecule has 3 aromatic carbocycles. The number of rotatable bonds is 5. The number of aromatic nitrogens is 2. The summed E-state index contributed by atoms with van der Waals surface area (Å²) >= 11 is 6.10. The number of nitro benzene ring substituents is 1. The van der Waals surface area contributed by atoms with E-state index in [1.807, 2.05) is 0 Å². The van der Waals surface area contributed by atoms with Gasteiger partial charge in [-0.2, -0.15) is 4.68 Å². The highest BCUT2D eigenvalue weighted by Crippen LogP contribution is 2.21. The van der Waals surface area contributed by atoms with E-state index in [0.29, 0.717) is 27.1 Å². The number of carbonyl (C=O) groups is 1. The number of hydrogen-bond donors (Lipinski definition) is 1. The van der Waals surface area contributed by atoms with E-state index in [2.05, 4.69) is 10.4 Å². The van der Waals surface area contributed by atoms with Crippen LogP contribution in [0.4, 0.5) is 5.69 Å². The zero-order chi connectivity index (χ0) is 22.7. The van der Waals surface area contributed by atoms with Gasteiger partial charge < -0.3 is 0 Å². The van der Waals surface area contributed by atoms with Crippen LogP contribution >= 0.6 is 11.6 Å². The number of benzene rings is 3. The summed E-state index contributed by atoms with van der Waals surface area (Å²) in [5.74, 6) is -0.396. The molecule has 1 aromatic heterocycles. The molecule has 1 N–H and O–H groups in total. The Bertz CT molecular complexity index is 1450. The normalized spacial score (nSPS) is 11.0. The molecule has 0 bridgehead atoms. The number of non-ortho nitro benzene ring substituents is 1. The van der Waals surface area contributed by atoms with E-state index < -0.39 is 16.4 Å². The molecule has 4 rings (SSSR count). The summed E-state index contributed by atoms with van der Waals surface area (Å²) in [5.41, 5.74) is 3.48. The summed E-state index contributed by atoms with van der Waals surface area (Å²) in [6.45, 7) is 0. The lowest BCUT2D eigenvalue weighted by Crippen LogP contribution is -2.34. The Balaban J connectivity index is 1.73. The van der Waals surface area contributed by atoms with Crippen LogP contribution in [0, 0.1) is 10.1 Å². The number of para-hydroxylation sites is 1. The average Bonchev–Trinajstić information content (AvgIpc) is 2.79. The van der Waals surface area contributed by atoms with E-state index in [1.165, 1.54) is 30.4 Å². The van der Waals surface area contributed by atoms with Crippen molar-refractivity contribution < 1.29 is 9.72 Å². The largest absolute Gasteiger partial charge is 0.280 e. The minimum absolute atomic E-state index is 0.0919. The Labute approximate surface area is 186 Å². The Morgan fingerprint density at radius 2 is 1.84 bits per heavy atom. The molecule has 0 radical (unpaired) electrons. The van der Waals surface area contributed by atoms with Crippen molar-refractivity contribution in [2.24, 2.45) is 0 Å². The van der Waals surface area contributed by atoms with Gasteiger partial charge >= 0.3 is 0 Å². The second-order valence-corrected chi connectivity index (χ2v) is 7.20. The summed E-state index contributed by atoms with van der Waals surface area (Å²) in [6.07, 6.45) is 2.60. The Kier molecular flexibility index (Phi) is 5.78. The van der Waals surface area contributed by atoms with Crippen molar-refractivity contribution in [3.05, 3.63) is 110 Å². The molecule has 0 aliphatic heterocycles. The number of nitrogens with one attached hydrogen (secondary N) is 1. The molecule has 1 amide bonds. The van der Waals surface area contributed by atoms with E-state index in [1.54, 1.807) is 54.6 Å². The van der Waals surface area contributed by atoms with Gasteiger partial charge in [-0.3, -0.25) is 25.1 Å². The van der Waals surface area contributed by atoms with Crippen molar-refractivity contribution in [2.75, 3.05) is 5.43 Å². The van der Waals surface area contributed by atoms with Crippen molar-refractivity contribution >= 4 is 40.2 Å². The van der Waals surface area contributed by atoms with Crippen LogP contribution in [0.15, 0.2) is 83.7 Å². The first kappa shape index (κ1) is 21.0. The second kappa shape index (κ2) is 8.83. The monoisotopic (exact) mass is 446 g/mol. The van der Waals surface area contributed by atoms with Gasteiger partial charge in [0.1, 0.15) is 0 Å². The molecule has 4 aromatic rings. The molecular formula is C23H15ClN4O4. The van der Waals surface area contributed by atoms with E-state index >= 15 is 0 Å². The van der Waals surface area contributed by atoms with Crippen LogP contribution in [0.3, 0.4) is 0 Å². The highest BCUT2D eigenvalue weighted by molar-refractivity contribution is 6.30. The standard InChI is InChI=1S/C23H15ClN4O4/c24-17-7-4-6-16(14-17)22-25-20-10-2-1-9-19(20)23(30)27(22)26-21(29)12-11-15-5-3-8-18(13-15)28(31)32/h1-14H,(H,26,29). The van der Waals surface area contributed by atoms with Crippen LogP contribution in [-0.4, -0.2) is 20.5 Å². The van der Waals surface area contributed by atoms with Crippen molar-refractivity contribution in [1.82, 2.24) is 9.66 Å². The summed E-state index contributed by atoms with van der Waals surface area (Å²) in [4.78, 5) is 40.7. The predicted octanol–water partition coefficient (Wildman–Crippen LogP) is 4.41. The highest BCUT2D eigenvalue weighted by atomic mass is 35.5. The topological polar surface area (TPSA) is 107 Å². The van der Waals surface area contributed by atoms with Crippen molar-refractivity contribution in [1.29, 1.82) is 0 Å². The summed E-state index contributed by atoms with van der Waals surface area (Å²) in [7, 11) is 0. The molecule has 1 heterocycles. The first-order valence-corrected chi connectivity index (χ1v) is 9.81. The SMILES string of the molecule is O=C(C=Cc1cccc([N+](=O)[O-])c1)Nn1c(-c2cccc(Cl)c2)nc2ccccc2c1=O. The third-order valence-electron chi connectivity index (χ3n) is 4.59. The maximum Gasteiger partial charge on any atom is 0.280 e. The van der Waals surface area contributed by atoms with Gasteiger partial charge in [-0.05, 0) is 35.9 Å². The average molecular weight is 447 g/mol.